The SMILES string of the molecule is Cc1cc(-c2ccccn2)n2ncc(C(=O)N[C@@H](C)C3CC3)c2n1. The largest absolute Gasteiger partial charge is 0.349 e. The second kappa shape index (κ2) is 5.70. The molecule has 3 aromatic rings. The van der Waals surface area contributed by atoms with Gasteiger partial charge in [0.1, 0.15) is 5.56 Å². The molecule has 0 spiro atoms. The fourth-order valence-electron chi connectivity index (χ4n) is 2.94. The van der Waals surface area contributed by atoms with E-state index in [1.165, 1.54) is 12.8 Å². The predicted octanol–water partition coefficient (Wildman–Crippen LogP) is 2.63. The molecule has 0 bridgehead atoms. The van der Waals surface area contributed by atoms with Crippen molar-refractivity contribution in [2.24, 2.45) is 5.92 Å². The van der Waals surface area contributed by atoms with Crippen LogP contribution in [0.25, 0.3) is 17.0 Å². The van der Waals surface area contributed by atoms with E-state index in [1.54, 1.807) is 16.9 Å². The van der Waals surface area contributed by atoms with Crippen LogP contribution in [-0.2, 0) is 0 Å². The van der Waals surface area contributed by atoms with Crippen LogP contribution in [0.5, 0.6) is 0 Å². The molecule has 0 saturated heterocycles. The number of aryl methyl sites for hydroxylation is 1. The summed E-state index contributed by atoms with van der Waals surface area (Å²) in [5.74, 6) is 0.490. The van der Waals surface area contributed by atoms with Gasteiger partial charge in [-0.2, -0.15) is 5.10 Å². The summed E-state index contributed by atoms with van der Waals surface area (Å²) in [6.45, 7) is 3.97. The molecule has 0 aliphatic heterocycles. The minimum atomic E-state index is -0.116. The van der Waals surface area contributed by atoms with E-state index in [9.17, 15) is 4.79 Å². The lowest BCUT2D eigenvalue weighted by molar-refractivity contribution is 0.0937. The Balaban J connectivity index is 1.76. The summed E-state index contributed by atoms with van der Waals surface area (Å²) in [4.78, 5) is 21.5. The summed E-state index contributed by atoms with van der Waals surface area (Å²) < 4.78 is 1.69. The number of hydrogen-bond donors (Lipinski definition) is 1. The first-order chi connectivity index (χ1) is 11.6. The summed E-state index contributed by atoms with van der Waals surface area (Å²) in [6.07, 6.45) is 5.71. The van der Waals surface area contributed by atoms with Crippen LogP contribution in [0.3, 0.4) is 0 Å². The molecule has 3 aromatic heterocycles. The van der Waals surface area contributed by atoms with E-state index >= 15 is 0 Å². The topological polar surface area (TPSA) is 72.2 Å². The van der Waals surface area contributed by atoms with Gasteiger partial charge in [-0.3, -0.25) is 9.78 Å². The van der Waals surface area contributed by atoms with Crippen molar-refractivity contribution in [3.8, 4) is 11.4 Å². The molecule has 122 valence electrons. The Hall–Kier alpha value is -2.76. The van der Waals surface area contributed by atoms with Crippen molar-refractivity contribution in [2.45, 2.75) is 32.7 Å². The number of carbonyl (C=O) groups excluding carboxylic acids is 1. The highest BCUT2D eigenvalue weighted by molar-refractivity contribution is 6.00. The Bertz CT molecular complexity index is 898. The first kappa shape index (κ1) is 14.8. The van der Waals surface area contributed by atoms with Crippen molar-refractivity contribution >= 4 is 11.6 Å². The van der Waals surface area contributed by atoms with Gasteiger partial charge in [-0.1, -0.05) is 6.07 Å². The Labute approximate surface area is 139 Å². The van der Waals surface area contributed by atoms with Crippen molar-refractivity contribution in [3.63, 3.8) is 0 Å². The molecule has 0 unspecified atom stereocenters. The molecule has 6 heteroatoms. The second-order valence-electron chi connectivity index (χ2n) is 6.39. The maximum Gasteiger partial charge on any atom is 0.256 e. The number of nitrogens with one attached hydrogen (secondary N) is 1. The summed E-state index contributed by atoms with van der Waals surface area (Å²) in [5, 5.41) is 7.45. The van der Waals surface area contributed by atoms with E-state index in [2.05, 4.69) is 27.3 Å². The molecule has 4 rings (SSSR count). The summed E-state index contributed by atoms with van der Waals surface area (Å²) in [5.41, 5.74) is 3.52. The third kappa shape index (κ3) is 2.64. The van der Waals surface area contributed by atoms with E-state index in [4.69, 9.17) is 0 Å². The summed E-state index contributed by atoms with van der Waals surface area (Å²) in [6, 6.07) is 7.84. The van der Waals surface area contributed by atoms with Gasteiger partial charge in [0.2, 0.25) is 0 Å². The molecule has 0 radical (unpaired) electrons. The van der Waals surface area contributed by atoms with Crippen LogP contribution < -0.4 is 5.32 Å². The fraction of sp³-hybridized carbons (Fsp3) is 0.333. The van der Waals surface area contributed by atoms with Gasteiger partial charge in [-0.15, -0.1) is 0 Å². The van der Waals surface area contributed by atoms with Crippen LogP contribution in [0.15, 0.2) is 36.7 Å². The monoisotopic (exact) mass is 321 g/mol. The molecule has 1 aliphatic carbocycles. The van der Waals surface area contributed by atoms with Gasteiger partial charge in [0, 0.05) is 17.9 Å². The molecule has 1 fully saturated rings. The Morgan fingerprint density at radius 2 is 2.21 bits per heavy atom. The normalized spacial score (nSPS) is 15.4. The first-order valence-corrected chi connectivity index (χ1v) is 8.21. The highest BCUT2D eigenvalue weighted by Crippen LogP contribution is 2.32. The van der Waals surface area contributed by atoms with Gasteiger partial charge in [0.15, 0.2) is 5.65 Å². The molecule has 1 aliphatic rings. The summed E-state index contributed by atoms with van der Waals surface area (Å²) >= 11 is 0. The highest BCUT2D eigenvalue weighted by Gasteiger charge is 2.30. The highest BCUT2D eigenvalue weighted by atomic mass is 16.1. The molecule has 3 heterocycles. The second-order valence-corrected chi connectivity index (χ2v) is 6.39. The van der Waals surface area contributed by atoms with Crippen molar-refractivity contribution in [2.75, 3.05) is 0 Å². The van der Waals surface area contributed by atoms with Gasteiger partial charge < -0.3 is 5.32 Å². The van der Waals surface area contributed by atoms with Crippen LogP contribution in [0.4, 0.5) is 0 Å². The van der Waals surface area contributed by atoms with Crippen molar-refractivity contribution in [3.05, 3.63) is 47.9 Å². The third-order valence-corrected chi connectivity index (χ3v) is 4.46. The van der Waals surface area contributed by atoms with Crippen LogP contribution in [0.1, 0.15) is 35.8 Å². The summed E-state index contributed by atoms with van der Waals surface area (Å²) in [7, 11) is 0. The average Bonchev–Trinajstić information content (AvgIpc) is 3.35. The number of amides is 1. The van der Waals surface area contributed by atoms with E-state index in [1.807, 2.05) is 31.2 Å². The average molecular weight is 321 g/mol. The van der Waals surface area contributed by atoms with Crippen molar-refractivity contribution < 1.29 is 4.79 Å². The van der Waals surface area contributed by atoms with Crippen LogP contribution in [0, 0.1) is 12.8 Å². The lowest BCUT2D eigenvalue weighted by Crippen LogP contribution is -2.34. The van der Waals surface area contributed by atoms with Crippen LogP contribution in [-0.4, -0.2) is 31.5 Å². The lowest BCUT2D eigenvalue weighted by Gasteiger charge is -2.12. The number of hydrogen-bond acceptors (Lipinski definition) is 4. The number of carbonyl (C=O) groups is 1. The van der Waals surface area contributed by atoms with Gasteiger partial charge in [-0.05, 0) is 50.8 Å². The zero-order valence-corrected chi connectivity index (χ0v) is 13.7. The van der Waals surface area contributed by atoms with Crippen molar-refractivity contribution in [1.82, 2.24) is 24.9 Å². The Morgan fingerprint density at radius 3 is 2.92 bits per heavy atom. The molecule has 6 nitrogen and oxygen atoms in total. The molecule has 1 atom stereocenters. The minimum absolute atomic E-state index is 0.116. The van der Waals surface area contributed by atoms with Gasteiger partial charge in [0.25, 0.3) is 5.91 Å². The third-order valence-electron chi connectivity index (χ3n) is 4.46. The number of pyridine rings is 1. The van der Waals surface area contributed by atoms with Crippen LogP contribution >= 0.6 is 0 Å². The zero-order chi connectivity index (χ0) is 16.7. The van der Waals surface area contributed by atoms with Gasteiger partial charge in [-0.25, -0.2) is 9.50 Å². The number of rotatable bonds is 4. The Kier molecular flexibility index (Phi) is 3.52. The van der Waals surface area contributed by atoms with E-state index < -0.39 is 0 Å². The van der Waals surface area contributed by atoms with E-state index in [0.29, 0.717) is 17.1 Å². The minimum Gasteiger partial charge on any atom is -0.349 e. The quantitative estimate of drug-likeness (QED) is 0.802. The number of aromatic nitrogens is 4. The smallest absolute Gasteiger partial charge is 0.256 e. The molecule has 0 aromatic carbocycles. The molecule has 24 heavy (non-hydrogen) atoms. The van der Waals surface area contributed by atoms with Crippen LogP contribution in [0.2, 0.25) is 0 Å². The van der Waals surface area contributed by atoms with Gasteiger partial charge >= 0.3 is 0 Å². The lowest BCUT2D eigenvalue weighted by atomic mass is 10.2. The van der Waals surface area contributed by atoms with E-state index in [0.717, 1.165) is 17.1 Å². The van der Waals surface area contributed by atoms with Gasteiger partial charge in [0.05, 0.1) is 17.6 Å². The number of fused-ring (bicyclic) bond motifs is 1. The standard InChI is InChI=1S/C18H19N5O/c1-11-9-16(15-5-3-4-8-19-15)23-17(21-11)14(10-20-23)18(24)22-12(2)13-6-7-13/h3-5,8-10,12-13H,6-7H2,1-2H3,(H,22,24)/t12-/m0/s1. The zero-order valence-electron chi connectivity index (χ0n) is 13.7. The van der Waals surface area contributed by atoms with Crippen molar-refractivity contribution in [1.29, 1.82) is 0 Å². The Morgan fingerprint density at radius 1 is 1.38 bits per heavy atom. The molecular formula is C18H19N5O. The predicted molar refractivity (Wildman–Crippen MR) is 90.6 cm³/mol. The molecule has 1 amide bonds. The molecule has 1 N–H and O–H groups in total. The maximum absolute atomic E-state index is 12.6. The van der Waals surface area contributed by atoms with E-state index in [-0.39, 0.29) is 11.9 Å². The fourth-order valence-corrected chi connectivity index (χ4v) is 2.94. The maximum atomic E-state index is 12.6. The first-order valence-electron chi connectivity index (χ1n) is 8.21. The number of nitrogens with zero attached hydrogens (tertiary/aromatic N) is 4. The molecular weight excluding hydrogens is 302 g/mol. The molecule has 1 saturated carbocycles.